The molecule has 1 fully saturated rings. The molecule has 1 atom stereocenters. The highest BCUT2D eigenvalue weighted by molar-refractivity contribution is 7.97. The molecule has 1 aliphatic rings. The Hall–Kier alpha value is -3.54. The van der Waals surface area contributed by atoms with Crippen LogP contribution in [0.1, 0.15) is 22.9 Å². The van der Waals surface area contributed by atoms with E-state index in [0.29, 0.717) is 6.54 Å². The van der Waals surface area contributed by atoms with Gasteiger partial charge in [-0.3, -0.25) is 4.90 Å². The molecule has 0 bridgehead atoms. The van der Waals surface area contributed by atoms with Crippen LogP contribution in [-0.2, 0) is 13.6 Å². The zero-order valence-corrected chi connectivity index (χ0v) is 20.8. The fraction of sp³-hybridized carbons (Fsp3) is 0.280. The largest absolute Gasteiger partial charge is 0.364 e. The zero-order valence-electron chi connectivity index (χ0n) is 20.0. The van der Waals surface area contributed by atoms with Crippen molar-refractivity contribution in [1.29, 1.82) is 0 Å². The number of halogens is 1. The van der Waals surface area contributed by atoms with Gasteiger partial charge in [-0.25, -0.2) is 13.4 Å². The van der Waals surface area contributed by atoms with Crippen molar-refractivity contribution in [3.05, 3.63) is 83.8 Å². The van der Waals surface area contributed by atoms with Crippen LogP contribution in [0.2, 0.25) is 0 Å². The molecule has 5 aromatic rings. The molecule has 36 heavy (non-hydrogen) atoms. The van der Waals surface area contributed by atoms with Crippen molar-refractivity contribution in [2.24, 2.45) is 7.05 Å². The Morgan fingerprint density at radius 3 is 2.69 bits per heavy atom. The third-order valence-electron chi connectivity index (χ3n) is 6.50. The lowest BCUT2D eigenvalue weighted by atomic mass is 9.96. The molecule has 0 saturated carbocycles. The van der Waals surface area contributed by atoms with E-state index in [1.165, 1.54) is 23.3 Å². The van der Waals surface area contributed by atoms with Crippen molar-refractivity contribution in [3.63, 3.8) is 0 Å². The minimum atomic E-state index is -0.262. The van der Waals surface area contributed by atoms with E-state index in [1.54, 1.807) is 41.3 Å². The van der Waals surface area contributed by atoms with Crippen LogP contribution >= 0.6 is 11.9 Å². The molecule has 4 heterocycles. The number of hydrogen-bond donors (Lipinski definition) is 0. The molecule has 6 rings (SSSR count). The summed E-state index contributed by atoms with van der Waals surface area (Å²) in [7, 11) is 1.83. The number of aromatic nitrogens is 6. The standard InChI is InChI=1S/C25H25FN8OS/c1-17-11-23-18(13-28-34(23)21-5-3-19(26)4-6-21)12-22(17)24-16-33(36-25-14-27-31(2)29-25)9-8-32(24)15-20-7-10-35-30-20/h3-7,10-14,24H,8-9,15-16H2,1-2H3. The summed E-state index contributed by atoms with van der Waals surface area (Å²) in [5.41, 5.74) is 5.16. The SMILES string of the molecule is Cc1cc2c(cnn2-c2ccc(F)cc2)cc1C1CN(Sc2cnn(C)n2)CCN1Cc1ccon1. The Balaban J connectivity index is 1.34. The van der Waals surface area contributed by atoms with Crippen LogP contribution in [0.4, 0.5) is 4.39 Å². The van der Waals surface area contributed by atoms with Gasteiger partial charge in [0.25, 0.3) is 0 Å². The third-order valence-corrected chi connectivity index (χ3v) is 7.46. The van der Waals surface area contributed by atoms with E-state index >= 15 is 0 Å². The highest BCUT2D eigenvalue weighted by Crippen LogP contribution is 2.35. The van der Waals surface area contributed by atoms with E-state index in [4.69, 9.17) is 4.52 Å². The van der Waals surface area contributed by atoms with Gasteiger partial charge in [0.05, 0.1) is 29.3 Å². The van der Waals surface area contributed by atoms with E-state index in [-0.39, 0.29) is 11.9 Å². The Labute approximate surface area is 211 Å². The van der Waals surface area contributed by atoms with E-state index in [1.807, 2.05) is 24.0 Å². The van der Waals surface area contributed by atoms with Crippen LogP contribution in [0.15, 0.2) is 70.7 Å². The lowest BCUT2D eigenvalue weighted by Gasteiger charge is -2.41. The topological polar surface area (TPSA) is 81.0 Å². The molecular weight excluding hydrogens is 479 g/mol. The van der Waals surface area contributed by atoms with Gasteiger partial charge in [-0.1, -0.05) is 5.16 Å². The number of fused-ring (bicyclic) bond motifs is 1. The van der Waals surface area contributed by atoms with Gasteiger partial charge in [0.15, 0.2) is 5.03 Å². The molecule has 1 saturated heterocycles. The van der Waals surface area contributed by atoms with Crippen LogP contribution < -0.4 is 0 Å². The highest BCUT2D eigenvalue weighted by Gasteiger charge is 2.31. The number of benzene rings is 2. The molecule has 0 radical (unpaired) electrons. The van der Waals surface area contributed by atoms with Crippen molar-refractivity contribution in [2.75, 3.05) is 19.6 Å². The number of piperazine rings is 1. The maximum absolute atomic E-state index is 13.4. The summed E-state index contributed by atoms with van der Waals surface area (Å²) >= 11 is 1.64. The van der Waals surface area contributed by atoms with Gasteiger partial charge < -0.3 is 4.52 Å². The molecular formula is C25H25FN8OS. The average molecular weight is 505 g/mol. The summed E-state index contributed by atoms with van der Waals surface area (Å²) < 4.78 is 22.7. The summed E-state index contributed by atoms with van der Waals surface area (Å²) in [5.74, 6) is -0.262. The molecule has 1 unspecified atom stereocenters. The molecule has 0 amide bonds. The number of hydrogen-bond acceptors (Lipinski definition) is 8. The average Bonchev–Trinajstić information content (AvgIpc) is 3.62. The van der Waals surface area contributed by atoms with Crippen LogP contribution in [-0.4, -0.2) is 58.8 Å². The van der Waals surface area contributed by atoms with E-state index < -0.39 is 0 Å². The van der Waals surface area contributed by atoms with Crippen molar-refractivity contribution < 1.29 is 8.91 Å². The minimum Gasteiger partial charge on any atom is -0.364 e. The first-order valence-corrected chi connectivity index (χ1v) is 12.5. The van der Waals surface area contributed by atoms with Gasteiger partial charge in [-0.15, -0.1) is 5.10 Å². The van der Waals surface area contributed by atoms with Crippen molar-refractivity contribution >= 4 is 22.9 Å². The maximum atomic E-state index is 13.4. The second-order valence-electron chi connectivity index (χ2n) is 8.93. The molecule has 1 aliphatic heterocycles. The van der Waals surface area contributed by atoms with Gasteiger partial charge in [0.1, 0.15) is 12.1 Å². The molecule has 11 heteroatoms. The monoisotopic (exact) mass is 504 g/mol. The molecule has 184 valence electrons. The Morgan fingerprint density at radius 2 is 1.94 bits per heavy atom. The molecule has 0 spiro atoms. The lowest BCUT2D eigenvalue weighted by molar-refractivity contribution is 0.113. The normalized spacial score (nSPS) is 17.2. The highest BCUT2D eigenvalue weighted by atomic mass is 32.2. The number of rotatable bonds is 6. The van der Waals surface area contributed by atoms with E-state index in [2.05, 4.69) is 48.7 Å². The Bertz CT molecular complexity index is 1480. The molecule has 0 N–H and O–H groups in total. The number of nitrogens with zero attached hydrogens (tertiary/aromatic N) is 8. The van der Waals surface area contributed by atoms with Crippen molar-refractivity contribution in [1.82, 2.24) is 39.1 Å². The smallest absolute Gasteiger partial charge is 0.153 e. The van der Waals surface area contributed by atoms with Gasteiger partial charge in [-0.2, -0.15) is 15.0 Å². The maximum Gasteiger partial charge on any atom is 0.153 e. The van der Waals surface area contributed by atoms with Crippen LogP contribution in [0.25, 0.3) is 16.6 Å². The predicted octanol–water partition coefficient (Wildman–Crippen LogP) is 4.16. The minimum absolute atomic E-state index is 0.137. The van der Waals surface area contributed by atoms with E-state index in [9.17, 15) is 4.39 Å². The quantitative estimate of drug-likeness (QED) is 0.319. The molecule has 0 aliphatic carbocycles. The molecule has 3 aromatic heterocycles. The summed E-state index contributed by atoms with van der Waals surface area (Å²) in [4.78, 5) is 4.03. The molecule has 2 aromatic carbocycles. The first kappa shape index (κ1) is 22.9. The second-order valence-corrected chi connectivity index (χ2v) is 10.0. The fourth-order valence-corrected chi connectivity index (χ4v) is 5.64. The molecule has 9 nitrogen and oxygen atoms in total. The van der Waals surface area contributed by atoms with Gasteiger partial charge in [-0.05, 0) is 66.4 Å². The number of aryl methyl sites for hydroxylation is 2. The van der Waals surface area contributed by atoms with Gasteiger partial charge >= 0.3 is 0 Å². The summed E-state index contributed by atoms with van der Waals surface area (Å²) in [6.45, 7) is 5.42. The van der Waals surface area contributed by atoms with E-state index in [0.717, 1.165) is 46.9 Å². The zero-order chi connectivity index (χ0) is 24.6. The van der Waals surface area contributed by atoms with Crippen LogP contribution in [0, 0.1) is 12.7 Å². The third kappa shape index (κ3) is 4.52. The van der Waals surface area contributed by atoms with Crippen molar-refractivity contribution in [3.8, 4) is 5.69 Å². The van der Waals surface area contributed by atoms with Crippen LogP contribution in [0.3, 0.4) is 0 Å². The second kappa shape index (κ2) is 9.49. The fourth-order valence-electron chi connectivity index (χ4n) is 4.73. The lowest BCUT2D eigenvalue weighted by Crippen LogP contribution is -2.45. The van der Waals surface area contributed by atoms with Gasteiger partial charge in [0.2, 0.25) is 0 Å². The first-order valence-electron chi connectivity index (χ1n) is 11.7. The summed E-state index contributed by atoms with van der Waals surface area (Å²) in [6, 6.07) is 12.9. The first-order chi connectivity index (χ1) is 17.5. The Morgan fingerprint density at radius 1 is 1.08 bits per heavy atom. The Kier molecular flexibility index (Phi) is 6.04. The summed E-state index contributed by atoms with van der Waals surface area (Å²) in [6.07, 6.45) is 5.28. The summed E-state index contributed by atoms with van der Waals surface area (Å²) in [5, 5.41) is 19.3. The van der Waals surface area contributed by atoms with Gasteiger partial charge in [0, 0.05) is 50.7 Å². The van der Waals surface area contributed by atoms with Crippen molar-refractivity contribution in [2.45, 2.75) is 24.5 Å². The van der Waals surface area contributed by atoms with Crippen LogP contribution in [0.5, 0.6) is 0 Å². The predicted molar refractivity (Wildman–Crippen MR) is 134 cm³/mol.